The lowest BCUT2D eigenvalue weighted by molar-refractivity contribution is -0.137. The molecule has 3 aromatic rings. The molecule has 0 radical (unpaired) electrons. The molecule has 0 N–H and O–H groups in total. The van der Waals surface area contributed by atoms with Crippen molar-refractivity contribution in [3.63, 3.8) is 0 Å². The van der Waals surface area contributed by atoms with Gasteiger partial charge in [-0.15, -0.1) is 0 Å². The van der Waals surface area contributed by atoms with Crippen molar-refractivity contribution in [3.8, 4) is 5.75 Å². The first-order valence-electron chi connectivity index (χ1n) is 10.0. The van der Waals surface area contributed by atoms with E-state index in [1.165, 1.54) is 10.9 Å². The van der Waals surface area contributed by atoms with E-state index in [2.05, 4.69) is 26.0 Å². The predicted octanol–water partition coefficient (Wildman–Crippen LogP) is 3.89. The minimum atomic E-state index is -0.297. The first-order valence-corrected chi connectivity index (χ1v) is 11.6. The molecule has 8 nitrogen and oxygen atoms in total. The number of carbonyl (C=O) groups is 1. The molecule has 2 heterocycles. The van der Waals surface area contributed by atoms with Gasteiger partial charge in [-0.2, -0.15) is 9.78 Å². The first kappa shape index (κ1) is 23.7. The van der Waals surface area contributed by atoms with E-state index < -0.39 is 0 Å². The van der Waals surface area contributed by atoms with Crippen LogP contribution in [0.1, 0.15) is 11.4 Å². The quantitative estimate of drug-likeness (QED) is 0.447. The zero-order valence-corrected chi connectivity index (χ0v) is 20.7. The fourth-order valence-corrected chi connectivity index (χ4v) is 4.32. The van der Waals surface area contributed by atoms with E-state index in [9.17, 15) is 9.59 Å². The van der Waals surface area contributed by atoms with Crippen LogP contribution >= 0.6 is 39.1 Å². The number of halogens is 3. The smallest absolute Gasteiger partial charge is 0.282 e. The van der Waals surface area contributed by atoms with E-state index in [0.29, 0.717) is 48.6 Å². The van der Waals surface area contributed by atoms with Crippen LogP contribution in [0.3, 0.4) is 0 Å². The second-order valence-electron chi connectivity index (χ2n) is 7.28. The summed E-state index contributed by atoms with van der Waals surface area (Å²) >= 11 is 16.1. The molecule has 0 saturated carbocycles. The highest BCUT2D eigenvalue weighted by atomic mass is 79.9. The molecule has 1 aliphatic heterocycles. The highest BCUT2D eigenvalue weighted by molar-refractivity contribution is 9.10. The van der Waals surface area contributed by atoms with E-state index >= 15 is 0 Å². The Hall–Kier alpha value is -2.46. The standard InChI is InChI=1S/C22H19BrCl2N4O4/c1-13-27-19-3-2-15(23)10-16(19)22(31)29(13)26-11-14-8-17(24)21(18(25)9-14)33-12-20(30)28-4-6-32-7-5-28/h2-3,8-11H,4-7,12H2,1H3. The van der Waals surface area contributed by atoms with Gasteiger partial charge in [-0.25, -0.2) is 4.98 Å². The summed E-state index contributed by atoms with van der Waals surface area (Å²) in [5.74, 6) is 0.480. The first-order chi connectivity index (χ1) is 15.8. The monoisotopic (exact) mass is 552 g/mol. The summed E-state index contributed by atoms with van der Waals surface area (Å²) in [5, 5.41) is 5.17. The van der Waals surface area contributed by atoms with Crippen molar-refractivity contribution < 1.29 is 14.3 Å². The van der Waals surface area contributed by atoms with Gasteiger partial charge >= 0.3 is 0 Å². The number of aryl methyl sites for hydroxylation is 1. The minimum Gasteiger partial charge on any atom is -0.481 e. The third kappa shape index (κ3) is 5.38. The predicted molar refractivity (Wildman–Crippen MR) is 131 cm³/mol. The SMILES string of the molecule is Cc1nc2ccc(Br)cc2c(=O)n1N=Cc1cc(Cl)c(OCC(=O)N2CCOCC2)c(Cl)c1. The summed E-state index contributed by atoms with van der Waals surface area (Å²) in [6, 6.07) is 8.48. The third-order valence-electron chi connectivity index (χ3n) is 5.02. The van der Waals surface area contributed by atoms with E-state index in [0.717, 1.165) is 4.47 Å². The second-order valence-corrected chi connectivity index (χ2v) is 9.01. The van der Waals surface area contributed by atoms with E-state index in [4.69, 9.17) is 32.7 Å². The number of carbonyl (C=O) groups excluding carboxylic acids is 1. The minimum absolute atomic E-state index is 0.165. The zero-order chi connectivity index (χ0) is 23.5. The van der Waals surface area contributed by atoms with Gasteiger partial charge < -0.3 is 14.4 Å². The zero-order valence-electron chi connectivity index (χ0n) is 17.6. The summed E-state index contributed by atoms with van der Waals surface area (Å²) in [6.07, 6.45) is 1.46. The average molecular weight is 554 g/mol. The Morgan fingerprint density at radius 3 is 2.64 bits per heavy atom. The molecule has 1 saturated heterocycles. The fraction of sp³-hybridized carbons (Fsp3) is 0.273. The lowest BCUT2D eigenvalue weighted by atomic mass is 10.2. The number of fused-ring (bicyclic) bond motifs is 1. The van der Waals surface area contributed by atoms with Crippen molar-refractivity contribution in [3.05, 3.63) is 66.6 Å². The molecular formula is C22H19BrCl2N4O4. The molecular weight excluding hydrogens is 535 g/mol. The highest BCUT2D eigenvalue weighted by Gasteiger charge is 2.19. The number of aromatic nitrogens is 2. The Morgan fingerprint density at radius 2 is 1.94 bits per heavy atom. The van der Waals surface area contributed by atoms with Gasteiger partial charge in [0.05, 0.1) is 40.4 Å². The van der Waals surface area contributed by atoms with Crippen LogP contribution in [0.25, 0.3) is 10.9 Å². The van der Waals surface area contributed by atoms with Gasteiger partial charge in [0.1, 0.15) is 5.82 Å². The molecule has 1 aliphatic rings. The Labute approximate surface area is 207 Å². The van der Waals surface area contributed by atoms with Crippen molar-refractivity contribution in [2.24, 2.45) is 5.10 Å². The molecule has 33 heavy (non-hydrogen) atoms. The maximum atomic E-state index is 12.9. The maximum Gasteiger partial charge on any atom is 0.282 e. The lowest BCUT2D eigenvalue weighted by Gasteiger charge is -2.26. The maximum absolute atomic E-state index is 12.9. The summed E-state index contributed by atoms with van der Waals surface area (Å²) in [5.41, 5.74) is 0.845. The van der Waals surface area contributed by atoms with Crippen LogP contribution in [0.4, 0.5) is 0 Å². The van der Waals surface area contributed by atoms with Gasteiger partial charge in [0, 0.05) is 17.6 Å². The van der Waals surface area contributed by atoms with Crippen LogP contribution in [0, 0.1) is 6.92 Å². The summed E-state index contributed by atoms with van der Waals surface area (Å²) in [4.78, 5) is 31.3. The number of ether oxygens (including phenoxy) is 2. The Morgan fingerprint density at radius 1 is 1.24 bits per heavy atom. The van der Waals surface area contributed by atoms with Gasteiger partial charge in [-0.3, -0.25) is 9.59 Å². The Kier molecular flexibility index (Phi) is 7.33. The number of hydrogen-bond acceptors (Lipinski definition) is 6. The number of rotatable bonds is 5. The normalized spacial score (nSPS) is 14.2. The van der Waals surface area contributed by atoms with Crippen molar-refractivity contribution in [1.29, 1.82) is 0 Å². The molecule has 0 aliphatic carbocycles. The molecule has 1 amide bonds. The van der Waals surface area contributed by atoms with E-state index in [-0.39, 0.29) is 33.9 Å². The largest absolute Gasteiger partial charge is 0.481 e. The Bertz CT molecular complexity index is 1280. The average Bonchev–Trinajstić information content (AvgIpc) is 2.79. The van der Waals surface area contributed by atoms with Crippen LogP contribution in [-0.4, -0.2) is 59.6 Å². The van der Waals surface area contributed by atoms with E-state index in [1.807, 2.05) is 6.07 Å². The van der Waals surface area contributed by atoms with Gasteiger partial charge in [0.25, 0.3) is 11.5 Å². The number of nitrogens with zero attached hydrogens (tertiary/aromatic N) is 4. The van der Waals surface area contributed by atoms with Gasteiger partial charge in [0.15, 0.2) is 12.4 Å². The molecule has 0 unspecified atom stereocenters. The highest BCUT2D eigenvalue weighted by Crippen LogP contribution is 2.34. The molecule has 0 bridgehead atoms. The van der Waals surface area contributed by atoms with Crippen LogP contribution in [0.2, 0.25) is 10.0 Å². The molecule has 0 atom stereocenters. The molecule has 11 heteroatoms. The van der Waals surface area contributed by atoms with Gasteiger partial charge in [-0.1, -0.05) is 39.1 Å². The molecule has 172 valence electrons. The second kappa shape index (κ2) is 10.2. The van der Waals surface area contributed by atoms with Gasteiger partial charge in [-0.05, 0) is 42.8 Å². The van der Waals surface area contributed by atoms with Crippen LogP contribution in [0.5, 0.6) is 5.75 Å². The van der Waals surface area contributed by atoms with Crippen LogP contribution in [0.15, 0.2) is 44.7 Å². The third-order valence-corrected chi connectivity index (χ3v) is 6.07. The fourth-order valence-electron chi connectivity index (χ4n) is 3.35. The number of amides is 1. The van der Waals surface area contributed by atoms with Crippen molar-refractivity contribution >= 4 is 62.2 Å². The summed E-state index contributed by atoms with van der Waals surface area (Å²) < 4.78 is 12.8. The molecule has 1 aromatic heterocycles. The van der Waals surface area contributed by atoms with E-state index in [1.54, 1.807) is 36.1 Å². The van der Waals surface area contributed by atoms with Crippen molar-refractivity contribution in [2.75, 3.05) is 32.9 Å². The van der Waals surface area contributed by atoms with Gasteiger partial charge in [0.2, 0.25) is 0 Å². The van der Waals surface area contributed by atoms with Crippen LogP contribution in [-0.2, 0) is 9.53 Å². The molecule has 2 aromatic carbocycles. The van der Waals surface area contributed by atoms with Crippen molar-refractivity contribution in [2.45, 2.75) is 6.92 Å². The molecule has 0 spiro atoms. The van der Waals surface area contributed by atoms with Crippen LogP contribution < -0.4 is 10.3 Å². The molecule has 1 fully saturated rings. The Balaban J connectivity index is 1.54. The lowest BCUT2D eigenvalue weighted by Crippen LogP contribution is -2.43. The summed E-state index contributed by atoms with van der Waals surface area (Å²) in [7, 11) is 0. The number of morpholine rings is 1. The topological polar surface area (TPSA) is 86.0 Å². The number of hydrogen-bond donors (Lipinski definition) is 0. The molecule has 4 rings (SSSR count). The summed E-state index contributed by atoms with van der Waals surface area (Å²) in [6.45, 7) is 3.58. The number of benzene rings is 2. The van der Waals surface area contributed by atoms with Crippen molar-refractivity contribution in [1.82, 2.24) is 14.6 Å².